The lowest BCUT2D eigenvalue weighted by molar-refractivity contribution is 0.346. The highest BCUT2D eigenvalue weighted by Crippen LogP contribution is 2.39. The number of pyridine rings is 3. The third-order valence-corrected chi connectivity index (χ3v) is 20.0. The molecule has 3 aromatic heterocycles. The van der Waals surface area contributed by atoms with Gasteiger partial charge in [-0.15, -0.1) is 0 Å². The normalized spacial score (nSPS) is 11.5. The third kappa shape index (κ3) is 15.9. The van der Waals surface area contributed by atoms with Crippen molar-refractivity contribution in [3.05, 3.63) is 278 Å². The van der Waals surface area contributed by atoms with Crippen LogP contribution in [0.4, 0.5) is 79.0 Å². The van der Waals surface area contributed by atoms with E-state index in [4.69, 9.17) is 14.2 Å². The predicted octanol–water partition coefficient (Wildman–Crippen LogP) is 16.3. The van der Waals surface area contributed by atoms with Gasteiger partial charge in [-0.3, -0.25) is 28.1 Å². The molecule has 9 aromatic carbocycles. The van der Waals surface area contributed by atoms with Crippen molar-refractivity contribution in [3.8, 4) is 51.6 Å². The molecule has 1 atom stereocenters. The number of nitrogens with zero attached hydrogens (tertiary/aromatic N) is 3. The number of benzene rings is 9. The van der Waals surface area contributed by atoms with E-state index in [0.717, 1.165) is 105 Å². The Balaban J connectivity index is 0.000000206. The summed E-state index contributed by atoms with van der Waals surface area (Å²) in [6.07, 6.45) is 0. The molecule has 18 nitrogen and oxygen atoms in total. The molecule has 3 heterocycles. The van der Waals surface area contributed by atoms with Crippen LogP contribution in [0.1, 0.15) is 13.0 Å². The van der Waals surface area contributed by atoms with Gasteiger partial charge in [0.25, 0.3) is 16.7 Å². The Labute approximate surface area is 625 Å². The summed E-state index contributed by atoms with van der Waals surface area (Å²) in [4.78, 5) is 35.7. The second-order valence-electron chi connectivity index (χ2n) is 21.6. The molecule has 0 aliphatic rings. The highest BCUT2D eigenvalue weighted by atomic mass is 79.9. The fourth-order valence-corrected chi connectivity index (χ4v) is 13.6. The zero-order chi connectivity index (χ0) is 79.6. The minimum absolute atomic E-state index is 0. The summed E-state index contributed by atoms with van der Waals surface area (Å²) in [5.74, 6) is -44.5. The maximum absolute atomic E-state index is 14.3. The lowest BCUT2D eigenvalue weighted by Crippen LogP contribution is -2.19. The van der Waals surface area contributed by atoms with Crippen LogP contribution in [0.15, 0.2) is 165 Å². The maximum Gasteiger partial charge on any atom is 0.339 e. The molecular weight excluding hydrogens is 1730 g/mol. The Morgan fingerprint density at radius 2 is 0.536 bits per heavy atom. The quantitative estimate of drug-likeness (QED) is 0.0306. The van der Waals surface area contributed by atoms with Crippen molar-refractivity contribution in [2.45, 2.75) is 29.0 Å². The average Bonchev–Trinajstić information content (AvgIpc) is 0.766. The standard InChI is InChI=1S/C23H13F6NO5S.2C22H10BrF6NO5S.CH4.H3P/c1-10-7-16(34-2)15(9-13(10)24)30-14-5-4-12(8-11(14)3-6-17(30)31)36(32,33)35-23-21(28)19(26)18(25)20(27)22(23)29;2*1-34-15-7-11(23)12(24)8-14(15)30-13-4-3-10(6-9(13)2-5-16(30)31)36(32,33)35-22-20(28)18(26)17(25)19(27)21(22)29;;/h3-9H,1-2H3;2*2-8H,1H3;1H4;1H3. The molecule has 0 saturated heterocycles. The lowest BCUT2D eigenvalue weighted by atomic mass is 10.1. The van der Waals surface area contributed by atoms with Crippen LogP contribution < -0.4 is 43.4 Å². The fraction of sp³-hybridized carbons (Fsp3) is 0.0735. The van der Waals surface area contributed by atoms with E-state index in [1.54, 1.807) is 0 Å². The van der Waals surface area contributed by atoms with Gasteiger partial charge in [-0.05, 0) is 135 Å². The van der Waals surface area contributed by atoms with E-state index >= 15 is 0 Å². The molecule has 0 aliphatic carbocycles. The van der Waals surface area contributed by atoms with Crippen LogP contribution in [0, 0.1) is 112 Å². The van der Waals surface area contributed by atoms with E-state index in [1.165, 1.54) is 64.7 Å². The molecule has 580 valence electrons. The first-order valence-corrected chi connectivity index (χ1v) is 34.7. The molecule has 0 radical (unpaired) electrons. The van der Waals surface area contributed by atoms with Crippen molar-refractivity contribution in [2.24, 2.45) is 0 Å². The minimum Gasteiger partial charge on any atom is -0.495 e. The Morgan fingerprint density at radius 3 is 0.782 bits per heavy atom. The second-order valence-corrected chi connectivity index (χ2v) is 28.0. The van der Waals surface area contributed by atoms with Crippen molar-refractivity contribution in [3.63, 3.8) is 0 Å². The van der Waals surface area contributed by atoms with Crippen molar-refractivity contribution in [1.29, 1.82) is 0 Å². The molecule has 0 fully saturated rings. The molecule has 0 spiro atoms. The number of methoxy groups -OCH3 is 3. The number of aryl methyl sites for hydroxylation is 1. The number of aromatic nitrogens is 3. The Kier molecular flexibility index (Phi) is 25.1. The van der Waals surface area contributed by atoms with E-state index in [-0.39, 0.29) is 98.9 Å². The molecule has 42 heteroatoms. The van der Waals surface area contributed by atoms with Crippen LogP contribution in [-0.2, 0) is 30.4 Å². The van der Waals surface area contributed by atoms with E-state index in [1.807, 2.05) is 0 Å². The maximum atomic E-state index is 14.3. The highest BCUT2D eigenvalue weighted by molar-refractivity contribution is 9.10. The molecule has 0 bridgehead atoms. The van der Waals surface area contributed by atoms with Gasteiger partial charge in [0.05, 0.1) is 63.9 Å². The van der Waals surface area contributed by atoms with Gasteiger partial charge >= 0.3 is 30.4 Å². The third-order valence-electron chi connectivity index (χ3n) is 15.2. The van der Waals surface area contributed by atoms with Gasteiger partial charge in [0.1, 0.15) is 49.4 Å². The monoisotopic (exact) mass is 1760 g/mol. The van der Waals surface area contributed by atoms with Gasteiger partial charge < -0.3 is 26.8 Å². The topological polar surface area (TPSA) is 224 Å². The molecule has 0 aliphatic heterocycles. The van der Waals surface area contributed by atoms with Crippen LogP contribution in [0.5, 0.6) is 34.5 Å². The van der Waals surface area contributed by atoms with Crippen LogP contribution >= 0.6 is 41.8 Å². The van der Waals surface area contributed by atoms with Crippen LogP contribution in [-0.4, -0.2) is 60.3 Å². The number of hydrogen-bond acceptors (Lipinski definition) is 15. The van der Waals surface area contributed by atoms with E-state index in [9.17, 15) is 119 Å². The Morgan fingerprint density at radius 1 is 0.309 bits per heavy atom. The molecule has 0 N–H and O–H groups in total. The summed E-state index contributed by atoms with van der Waals surface area (Å²) in [5.41, 5.74) is -1.50. The molecule has 0 saturated carbocycles. The van der Waals surface area contributed by atoms with Gasteiger partial charge in [-0.25, -0.2) is 52.7 Å². The summed E-state index contributed by atoms with van der Waals surface area (Å²) in [7, 11) is -11.5. The van der Waals surface area contributed by atoms with Crippen LogP contribution in [0.3, 0.4) is 0 Å². The first-order valence-electron chi connectivity index (χ1n) is 28.9. The van der Waals surface area contributed by atoms with Crippen molar-refractivity contribution in [1.82, 2.24) is 13.7 Å². The zero-order valence-electron chi connectivity index (χ0n) is 54.1. The summed E-state index contributed by atoms with van der Waals surface area (Å²) in [6, 6.07) is 22.4. The summed E-state index contributed by atoms with van der Waals surface area (Å²) < 4.78 is 354. The molecule has 110 heavy (non-hydrogen) atoms. The Bertz CT molecular complexity index is 5700. The van der Waals surface area contributed by atoms with Gasteiger partial charge in [-0.2, -0.15) is 61.5 Å². The summed E-state index contributed by atoms with van der Waals surface area (Å²) >= 11 is 6.00. The minimum atomic E-state index is -5.12. The average molecular weight is 1770 g/mol. The van der Waals surface area contributed by atoms with Gasteiger partial charge in [0.15, 0.2) is 0 Å². The summed E-state index contributed by atoms with van der Waals surface area (Å²) in [6.45, 7) is 1.48. The first-order chi connectivity index (χ1) is 50.6. The zero-order valence-corrected chi connectivity index (χ0v) is 61.1. The molecule has 0 amide bonds. The number of hydrogen-bond donors (Lipinski definition) is 0. The van der Waals surface area contributed by atoms with Gasteiger partial charge in [0, 0.05) is 52.6 Å². The largest absolute Gasteiger partial charge is 0.495 e. The van der Waals surface area contributed by atoms with Crippen molar-refractivity contribution in [2.75, 3.05) is 21.3 Å². The number of halogens is 20. The Hall–Kier alpha value is -10.6. The van der Waals surface area contributed by atoms with Crippen molar-refractivity contribution < 1.29 is 131 Å². The van der Waals surface area contributed by atoms with E-state index in [0.29, 0.717) is 0 Å². The van der Waals surface area contributed by atoms with Crippen molar-refractivity contribution >= 4 is 105 Å². The molecule has 12 rings (SSSR count). The van der Waals surface area contributed by atoms with E-state index < -0.39 is 184 Å². The van der Waals surface area contributed by atoms with Crippen LogP contribution in [0.25, 0.3) is 49.8 Å². The number of rotatable bonds is 15. The lowest BCUT2D eigenvalue weighted by Gasteiger charge is -2.16. The second kappa shape index (κ2) is 32.5. The first kappa shape index (κ1) is 85.0. The fourth-order valence-electron chi connectivity index (χ4n) is 10.0. The number of fused-ring (bicyclic) bond motifs is 3. The molecule has 12 aromatic rings. The molecular formula is C68H40Br2F18N3O15PS3. The number of ether oxygens (including phenoxy) is 3. The highest BCUT2D eigenvalue weighted by Gasteiger charge is 2.35. The smallest absolute Gasteiger partial charge is 0.339 e. The summed E-state index contributed by atoms with van der Waals surface area (Å²) in [5, 5.41) is 0.184. The predicted molar refractivity (Wildman–Crippen MR) is 368 cm³/mol. The van der Waals surface area contributed by atoms with E-state index in [2.05, 4.69) is 44.4 Å². The van der Waals surface area contributed by atoms with Gasteiger partial charge in [-0.1, -0.05) is 7.43 Å². The molecule has 1 unspecified atom stereocenters. The SMILES string of the molecule is C.COc1cc(Br)c(F)cc1-n1c(=O)ccc2cc(S(=O)(=O)Oc3c(F)c(F)c(F)c(F)c3F)ccc21.COc1cc(Br)c(F)cc1-n1c(=O)ccc2cc(S(=O)(=O)Oc3c(F)c(F)c(F)c(F)c3F)ccc21.COc1cc(C)c(F)cc1-n1c(=O)ccc2cc(S(=O)(=O)Oc3c(F)c(F)c(F)c(F)c3F)ccc21.P. The van der Waals surface area contributed by atoms with Crippen LogP contribution in [0.2, 0.25) is 0 Å². The van der Waals surface area contributed by atoms with Gasteiger partial charge in [0.2, 0.25) is 105 Å².